The quantitative estimate of drug-likeness (QED) is 0.726. The second-order valence-corrected chi connectivity index (χ2v) is 5.39. The van der Waals surface area contributed by atoms with Crippen LogP contribution in [0.5, 0.6) is 0 Å². The lowest BCUT2D eigenvalue weighted by Crippen LogP contribution is -2.30. The van der Waals surface area contributed by atoms with Gasteiger partial charge in [0.15, 0.2) is 6.61 Å². The monoisotopic (exact) mass is 319 g/mol. The minimum atomic E-state index is -0.419. The lowest BCUT2D eigenvalue weighted by Gasteiger charge is -2.15. The van der Waals surface area contributed by atoms with E-state index >= 15 is 0 Å². The van der Waals surface area contributed by atoms with Gasteiger partial charge in [-0.3, -0.25) is 14.3 Å². The fraction of sp³-hybridized carbons (Fsp3) is 0.438. The van der Waals surface area contributed by atoms with E-state index < -0.39 is 5.97 Å². The summed E-state index contributed by atoms with van der Waals surface area (Å²) in [5.74, 6) is -0.0186. The van der Waals surface area contributed by atoms with Crippen molar-refractivity contribution in [2.75, 3.05) is 13.7 Å². The van der Waals surface area contributed by atoms with Crippen molar-refractivity contribution in [3.05, 3.63) is 41.6 Å². The zero-order chi connectivity index (χ0) is 16.8. The summed E-state index contributed by atoms with van der Waals surface area (Å²) in [6, 6.07) is 5.48. The Labute approximate surface area is 134 Å². The van der Waals surface area contributed by atoms with Crippen molar-refractivity contribution in [3.63, 3.8) is 0 Å². The summed E-state index contributed by atoms with van der Waals surface area (Å²) in [5.41, 5.74) is 1.90. The van der Waals surface area contributed by atoms with Crippen molar-refractivity contribution in [1.29, 1.82) is 0 Å². The van der Waals surface area contributed by atoms with Gasteiger partial charge in [-0.1, -0.05) is 0 Å². The molecule has 0 aromatic carbocycles. The van der Waals surface area contributed by atoms with Crippen LogP contribution in [0.3, 0.4) is 0 Å². The van der Waals surface area contributed by atoms with Crippen LogP contribution in [0.1, 0.15) is 23.6 Å². The minimum absolute atomic E-state index is 0.178. The van der Waals surface area contributed by atoms with Gasteiger partial charge in [0.05, 0.1) is 31.5 Å². The van der Waals surface area contributed by atoms with Crippen molar-refractivity contribution in [2.45, 2.75) is 33.4 Å². The number of rotatable bonds is 7. The maximum absolute atomic E-state index is 11.9. The summed E-state index contributed by atoms with van der Waals surface area (Å²) in [7, 11) is 1.63. The largest absolute Gasteiger partial charge is 0.467 e. The zero-order valence-electron chi connectivity index (χ0n) is 13.6. The van der Waals surface area contributed by atoms with E-state index in [1.165, 1.54) is 4.90 Å². The van der Waals surface area contributed by atoms with E-state index in [1.807, 2.05) is 19.9 Å². The van der Waals surface area contributed by atoms with Gasteiger partial charge >= 0.3 is 5.97 Å². The number of carbonyl (C=O) groups is 2. The molecular formula is C16H21N3O4. The first kappa shape index (κ1) is 16.8. The number of amides is 1. The molecule has 2 aromatic heterocycles. The number of aryl methyl sites for hydroxylation is 3. The maximum Gasteiger partial charge on any atom is 0.308 e. The predicted molar refractivity (Wildman–Crippen MR) is 82.5 cm³/mol. The summed E-state index contributed by atoms with van der Waals surface area (Å²) in [6.07, 6.45) is 1.73. The van der Waals surface area contributed by atoms with Crippen molar-refractivity contribution in [1.82, 2.24) is 14.7 Å². The molecule has 124 valence electrons. The standard InChI is InChI=1S/C16H21N3O4/c1-12-9-13(2)19(17-12)7-6-16(21)23-11-15(20)18(3)10-14-5-4-8-22-14/h4-5,8-9H,6-7,10-11H2,1-3H3. The molecule has 2 aromatic rings. The van der Waals surface area contributed by atoms with E-state index in [-0.39, 0.29) is 18.9 Å². The number of carbonyl (C=O) groups excluding carboxylic acids is 2. The van der Waals surface area contributed by atoms with Gasteiger partial charge in [-0.15, -0.1) is 0 Å². The second kappa shape index (κ2) is 7.62. The molecule has 0 saturated carbocycles. The third kappa shape index (κ3) is 4.98. The Morgan fingerprint density at radius 2 is 2.17 bits per heavy atom. The molecule has 23 heavy (non-hydrogen) atoms. The van der Waals surface area contributed by atoms with Gasteiger partial charge in [0.25, 0.3) is 5.91 Å². The van der Waals surface area contributed by atoms with Crippen molar-refractivity contribution >= 4 is 11.9 Å². The molecule has 0 bridgehead atoms. The van der Waals surface area contributed by atoms with E-state index in [1.54, 1.807) is 30.1 Å². The molecule has 0 atom stereocenters. The Morgan fingerprint density at radius 1 is 1.39 bits per heavy atom. The number of esters is 1. The van der Waals surface area contributed by atoms with Gasteiger partial charge < -0.3 is 14.1 Å². The highest BCUT2D eigenvalue weighted by Crippen LogP contribution is 2.05. The molecule has 0 radical (unpaired) electrons. The number of hydrogen-bond acceptors (Lipinski definition) is 5. The molecular weight excluding hydrogens is 298 g/mol. The van der Waals surface area contributed by atoms with Crippen LogP contribution in [0.25, 0.3) is 0 Å². The minimum Gasteiger partial charge on any atom is -0.467 e. The van der Waals surface area contributed by atoms with Crippen LogP contribution in [0.15, 0.2) is 28.9 Å². The first-order valence-corrected chi connectivity index (χ1v) is 7.38. The van der Waals surface area contributed by atoms with Gasteiger partial charge in [-0.05, 0) is 32.0 Å². The van der Waals surface area contributed by atoms with Crippen LogP contribution >= 0.6 is 0 Å². The van der Waals surface area contributed by atoms with Crippen LogP contribution in [0.4, 0.5) is 0 Å². The summed E-state index contributed by atoms with van der Waals surface area (Å²) < 4.78 is 11.9. The summed E-state index contributed by atoms with van der Waals surface area (Å²) in [5, 5.41) is 4.27. The first-order chi connectivity index (χ1) is 11.0. The average molecular weight is 319 g/mol. The number of nitrogens with zero attached hydrogens (tertiary/aromatic N) is 3. The Morgan fingerprint density at radius 3 is 2.78 bits per heavy atom. The third-order valence-corrected chi connectivity index (χ3v) is 3.39. The maximum atomic E-state index is 11.9. The van der Waals surface area contributed by atoms with E-state index in [9.17, 15) is 9.59 Å². The molecule has 1 amide bonds. The molecule has 0 aliphatic carbocycles. The smallest absolute Gasteiger partial charge is 0.308 e. The van der Waals surface area contributed by atoms with Crippen LogP contribution < -0.4 is 0 Å². The van der Waals surface area contributed by atoms with Gasteiger partial charge in [-0.2, -0.15) is 5.10 Å². The SMILES string of the molecule is Cc1cc(C)n(CCC(=O)OCC(=O)N(C)Cc2ccco2)n1. The topological polar surface area (TPSA) is 77.6 Å². The summed E-state index contributed by atoms with van der Waals surface area (Å²) in [6.45, 7) is 4.34. The molecule has 2 heterocycles. The first-order valence-electron chi connectivity index (χ1n) is 7.38. The van der Waals surface area contributed by atoms with E-state index in [0.29, 0.717) is 18.8 Å². The number of aromatic nitrogens is 2. The molecule has 0 spiro atoms. The highest BCUT2D eigenvalue weighted by atomic mass is 16.5. The summed E-state index contributed by atoms with van der Waals surface area (Å²) >= 11 is 0. The molecule has 7 heteroatoms. The number of hydrogen-bond donors (Lipinski definition) is 0. The lowest BCUT2D eigenvalue weighted by atomic mass is 10.4. The van der Waals surface area contributed by atoms with Crippen molar-refractivity contribution in [2.24, 2.45) is 0 Å². The van der Waals surface area contributed by atoms with E-state index in [2.05, 4.69) is 5.10 Å². The number of furan rings is 1. The van der Waals surface area contributed by atoms with E-state index in [0.717, 1.165) is 11.4 Å². The van der Waals surface area contributed by atoms with Gasteiger partial charge in [0.2, 0.25) is 0 Å². The van der Waals surface area contributed by atoms with Crippen LogP contribution in [-0.2, 0) is 27.4 Å². The molecule has 0 aliphatic rings. The fourth-order valence-corrected chi connectivity index (χ4v) is 2.15. The Bertz CT molecular complexity index is 661. The van der Waals surface area contributed by atoms with Crippen LogP contribution in [-0.4, -0.2) is 40.2 Å². The average Bonchev–Trinajstić information content (AvgIpc) is 3.12. The van der Waals surface area contributed by atoms with E-state index in [4.69, 9.17) is 9.15 Å². The van der Waals surface area contributed by atoms with Gasteiger partial charge in [0.1, 0.15) is 5.76 Å². The highest BCUT2D eigenvalue weighted by Gasteiger charge is 2.14. The second-order valence-electron chi connectivity index (χ2n) is 5.39. The van der Waals surface area contributed by atoms with Crippen molar-refractivity contribution < 1.29 is 18.7 Å². The molecule has 2 rings (SSSR count). The molecule has 0 saturated heterocycles. The highest BCUT2D eigenvalue weighted by molar-refractivity contribution is 5.80. The summed E-state index contributed by atoms with van der Waals surface area (Å²) in [4.78, 5) is 25.1. The van der Waals surface area contributed by atoms with Gasteiger partial charge in [-0.25, -0.2) is 0 Å². The molecule has 7 nitrogen and oxygen atoms in total. The Kier molecular flexibility index (Phi) is 5.56. The third-order valence-electron chi connectivity index (χ3n) is 3.39. The zero-order valence-corrected chi connectivity index (χ0v) is 13.6. The predicted octanol–water partition coefficient (Wildman–Crippen LogP) is 1.68. The molecule has 0 fully saturated rings. The lowest BCUT2D eigenvalue weighted by molar-refractivity contribution is -0.152. The normalized spacial score (nSPS) is 10.6. The van der Waals surface area contributed by atoms with Crippen LogP contribution in [0.2, 0.25) is 0 Å². The molecule has 0 aliphatic heterocycles. The van der Waals surface area contributed by atoms with Crippen molar-refractivity contribution in [3.8, 4) is 0 Å². The van der Waals surface area contributed by atoms with Crippen LogP contribution in [0, 0.1) is 13.8 Å². The number of likely N-dealkylation sites (N-methyl/N-ethyl adjacent to an activating group) is 1. The van der Waals surface area contributed by atoms with Gasteiger partial charge in [0, 0.05) is 12.7 Å². The molecule has 0 unspecified atom stereocenters. The Hall–Kier alpha value is -2.57. The number of ether oxygens (including phenoxy) is 1. The fourth-order valence-electron chi connectivity index (χ4n) is 2.15. The Balaban J connectivity index is 1.71. The molecule has 0 N–H and O–H groups in total.